The van der Waals surface area contributed by atoms with Gasteiger partial charge in [0, 0.05) is 24.2 Å². The van der Waals surface area contributed by atoms with Crippen LogP contribution in [0, 0.1) is 12.8 Å². The fourth-order valence-corrected chi connectivity index (χ4v) is 1.78. The average Bonchev–Trinajstić information content (AvgIpc) is 2.92. The average molecular weight is 205 g/mol. The smallest absolute Gasteiger partial charge is 0.134 e. The Morgan fingerprint density at radius 1 is 1.47 bits per heavy atom. The predicted molar refractivity (Wildman–Crippen MR) is 62.1 cm³/mol. The lowest BCUT2D eigenvalue weighted by Crippen LogP contribution is -2.05. The zero-order valence-corrected chi connectivity index (χ0v) is 9.75. The predicted octanol–water partition coefficient (Wildman–Crippen LogP) is 2.73. The number of aromatic nitrogens is 2. The maximum Gasteiger partial charge on any atom is 0.134 e. The van der Waals surface area contributed by atoms with Crippen LogP contribution in [-0.4, -0.2) is 16.5 Å². The lowest BCUT2D eigenvalue weighted by Gasteiger charge is -2.07. The van der Waals surface area contributed by atoms with E-state index in [1.54, 1.807) is 0 Å². The lowest BCUT2D eigenvalue weighted by molar-refractivity contribution is 0.830. The summed E-state index contributed by atoms with van der Waals surface area (Å²) >= 11 is 0. The summed E-state index contributed by atoms with van der Waals surface area (Å²) in [5.41, 5.74) is 1.07. The molecule has 0 spiro atoms. The van der Waals surface area contributed by atoms with Gasteiger partial charge in [0.15, 0.2) is 0 Å². The van der Waals surface area contributed by atoms with Crippen LogP contribution in [0.3, 0.4) is 0 Å². The molecule has 3 heteroatoms. The van der Waals surface area contributed by atoms with Crippen LogP contribution in [0.25, 0.3) is 0 Å². The highest BCUT2D eigenvalue weighted by molar-refractivity contribution is 5.36. The maximum atomic E-state index is 4.56. The molecule has 0 aromatic carbocycles. The van der Waals surface area contributed by atoms with Gasteiger partial charge in [0.1, 0.15) is 11.6 Å². The van der Waals surface area contributed by atoms with Crippen LogP contribution >= 0.6 is 0 Å². The summed E-state index contributed by atoms with van der Waals surface area (Å²) in [7, 11) is 0. The molecule has 3 nitrogen and oxygen atoms in total. The van der Waals surface area contributed by atoms with Crippen molar-refractivity contribution in [3.63, 3.8) is 0 Å². The second kappa shape index (κ2) is 4.17. The Hall–Kier alpha value is -1.12. The highest BCUT2D eigenvalue weighted by Crippen LogP contribution is 2.45. The molecule has 1 heterocycles. The fourth-order valence-electron chi connectivity index (χ4n) is 1.78. The van der Waals surface area contributed by atoms with Crippen LogP contribution in [0.4, 0.5) is 5.82 Å². The van der Waals surface area contributed by atoms with Gasteiger partial charge in [-0.25, -0.2) is 9.97 Å². The van der Waals surface area contributed by atoms with Crippen molar-refractivity contribution in [2.45, 2.75) is 39.5 Å². The first-order valence-electron chi connectivity index (χ1n) is 5.80. The summed E-state index contributed by atoms with van der Waals surface area (Å²) < 4.78 is 0. The molecule has 0 saturated heterocycles. The van der Waals surface area contributed by atoms with Gasteiger partial charge in [-0.2, -0.15) is 0 Å². The molecule has 0 aliphatic heterocycles. The number of hydrogen-bond donors (Lipinski definition) is 1. The molecular weight excluding hydrogens is 186 g/mol. The van der Waals surface area contributed by atoms with Crippen molar-refractivity contribution in [2.24, 2.45) is 5.92 Å². The van der Waals surface area contributed by atoms with Crippen LogP contribution in [0.5, 0.6) is 0 Å². The summed E-state index contributed by atoms with van der Waals surface area (Å²) in [5, 5.41) is 3.32. The third kappa shape index (κ3) is 2.46. The Balaban J connectivity index is 2.13. The van der Waals surface area contributed by atoms with Crippen LogP contribution in [0.2, 0.25) is 0 Å². The SMILES string of the molecule is CCCNc1cc(C)nc(C2CC2C)n1. The van der Waals surface area contributed by atoms with Crippen molar-refractivity contribution in [3.05, 3.63) is 17.6 Å². The first-order chi connectivity index (χ1) is 7.20. The zero-order valence-electron chi connectivity index (χ0n) is 9.75. The van der Waals surface area contributed by atoms with Gasteiger partial charge >= 0.3 is 0 Å². The molecule has 1 saturated carbocycles. The molecule has 2 rings (SSSR count). The van der Waals surface area contributed by atoms with Gasteiger partial charge < -0.3 is 5.32 Å². The Labute approximate surface area is 91.3 Å². The number of nitrogens with zero attached hydrogens (tertiary/aromatic N) is 2. The van der Waals surface area contributed by atoms with Gasteiger partial charge in [0.25, 0.3) is 0 Å². The number of rotatable bonds is 4. The largest absolute Gasteiger partial charge is 0.370 e. The first kappa shape index (κ1) is 10.4. The summed E-state index contributed by atoms with van der Waals surface area (Å²) in [5.74, 6) is 3.39. The van der Waals surface area contributed by atoms with Crippen molar-refractivity contribution in [1.82, 2.24) is 9.97 Å². The summed E-state index contributed by atoms with van der Waals surface area (Å²) in [6.45, 7) is 7.44. The minimum Gasteiger partial charge on any atom is -0.370 e. The van der Waals surface area contributed by atoms with Gasteiger partial charge in [0.2, 0.25) is 0 Å². The minimum absolute atomic E-state index is 0.604. The van der Waals surface area contributed by atoms with Crippen molar-refractivity contribution < 1.29 is 0 Å². The Morgan fingerprint density at radius 3 is 2.80 bits per heavy atom. The van der Waals surface area contributed by atoms with Gasteiger partial charge in [-0.3, -0.25) is 0 Å². The molecule has 0 radical (unpaired) electrons. The van der Waals surface area contributed by atoms with Crippen LogP contribution < -0.4 is 5.32 Å². The monoisotopic (exact) mass is 205 g/mol. The maximum absolute atomic E-state index is 4.56. The number of anilines is 1. The number of nitrogens with one attached hydrogen (secondary N) is 1. The number of aryl methyl sites for hydroxylation is 1. The Morgan fingerprint density at radius 2 is 2.20 bits per heavy atom. The van der Waals surface area contributed by atoms with Gasteiger partial charge in [-0.15, -0.1) is 0 Å². The topological polar surface area (TPSA) is 37.8 Å². The second-order valence-electron chi connectivity index (χ2n) is 4.50. The van der Waals surface area contributed by atoms with E-state index in [1.165, 1.54) is 6.42 Å². The Kier molecular flexibility index (Phi) is 2.89. The van der Waals surface area contributed by atoms with Crippen LogP contribution in [-0.2, 0) is 0 Å². The normalized spacial score (nSPS) is 23.9. The van der Waals surface area contributed by atoms with E-state index in [0.717, 1.165) is 36.2 Å². The molecular formula is C12H19N3. The summed E-state index contributed by atoms with van der Waals surface area (Å²) in [6.07, 6.45) is 2.37. The van der Waals surface area contributed by atoms with Crippen molar-refractivity contribution in [1.29, 1.82) is 0 Å². The van der Waals surface area contributed by atoms with E-state index in [0.29, 0.717) is 5.92 Å². The Bertz CT molecular complexity index is 349. The van der Waals surface area contributed by atoms with Crippen molar-refractivity contribution >= 4 is 5.82 Å². The minimum atomic E-state index is 0.604. The van der Waals surface area contributed by atoms with E-state index in [9.17, 15) is 0 Å². The second-order valence-corrected chi connectivity index (χ2v) is 4.50. The third-order valence-electron chi connectivity index (χ3n) is 2.87. The summed E-state index contributed by atoms with van der Waals surface area (Å²) in [4.78, 5) is 9.06. The van der Waals surface area contributed by atoms with Crippen molar-refractivity contribution in [2.75, 3.05) is 11.9 Å². The quantitative estimate of drug-likeness (QED) is 0.821. The molecule has 0 bridgehead atoms. The van der Waals surface area contributed by atoms with Gasteiger partial charge in [0.05, 0.1) is 0 Å². The van der Waals surface area contributed by atoms with E-state index >= 15 is 0 Å². The van der Waals surface area contributed by atoms with Gasteiger partial charge in [-0.1, -0.05) is 13.8 Å². The zero-order chi connectivity index (χ0) is 10.8. The molecule has 1 aliphatic rings. The molecule has 82 valence electrons. The molecule has 0 amide bonds. The van der Waals surface area contributed by atoms with Crippen LogP contribution in [0.15, 0.2) is 6.07 Å². The first-order valence-corrected chi connectivity index (χ1v) is 5.80. The van der Waals surface area contributed by atoms with E-state index in [2.05, 4.69) is 29.1 Å². The highest BCUT2D eigenvalue weighted by Gasteiger charge is 2.36. The molecule has 2 unspecified atom stereocenters. The summed E-state index contributed by atoms with van der Waals surface area (Å²) in [6, 6.07) is 2.02. The molecule has 2 atom stereocenters. The molecule has 15 heavy (non-hydrogen) atoms. The van der Waals surface area contributed by atoms with Crippen LogP contribution in [0.1, 0.15) is 44.1 Å². The molecule has 1 fully saturated rings. The van der Waals surface area contributed by atoms with E-state index < -0.39 is 0 Å². The van der Waals surface area contributed by atoms with Crippen molar-refractivity contribution in [3.8, 4) is 0 Å². The van der Waals surface area contributed by atoms with E-state index in [-0.39, 0.29) is 0 Å². The number of hydrogen-bond acceptors (Lipinski definition) is 3. The molecule has 1 aromatic rings. The molecule has 1 aliphatic carbocycles. The molecule has 1 N–H and O–H groups in total. The fraction of sp³-hybridized carbons (Fsp3) is 0.667. The standard InChI is InChI=1S/C12H19N3/c1-4-5-13-11-7-9(3)14-12(15-11)10-6-8(10)2/h7-8,10H,4-6H2,1-3H3,(H,13,14,15). The molecule has 1 aromatic heterocycles. The van der Waals surface area contributed by atoms with Gasteiger partial charge in [-0.05, 0) is 25.7 Å². The highest BCUT2D eigenvalue weighted by atomic mass is 15.0. The lowest BCUT2D eigenvalue weighted by atomic mass is 10.3. The van der Waals surface area contributed by atoms with E-state index in [1.807, 2.05) is 13.0 Å². The van der Waals surface area contributed by atoms with E-state index in [4.69, 9.17) is 0 Å². The third-order valence-corrected chi connectivity index (χ3v) is 2.87.